The van der Waals surface area contributed by atoms with Gasteiger partial charge in [0.1, 0.15) is 13.2 Å². The molecule has 1 heterocycles. The van der Waals surface area contributed by atoms with Gasteiger partial charge in [-0.3, -0.25) is 14.9 Å². The minimum absolute atomic E-state index is 0.150. The van der Waals surface area contributed by atoms with E-state index in [0.29, 0.717) is 41.6 Å². The highest BCUT2D eigenvalue weighted by Crippen LogP contribution is 2.31. The van der Waals surface area contributed by atoms with Crippen LogP contribution in [0.2, 0.25) is 0 Å². The molecule has 9 heteroatoms. The fourth-order valence-corrected chi connectivity index (χ4v) is 2.51. The molecule has 0 atom stereocenters. The summed E-state index contributed by atoms with van der Waals surface area (Å²) in [4.78, 5) is 22.9. The molecule has 0 saturated carbocycles. The lowest BCUT2D eigenvalue weighted by Gasteiger charge is -2.18. The Hall–Kier alpha value is -3.62. The highest BCUT2D eigenvalue weighted by molar-refractivity contribution is 6.01. The minimum atomic E-state index is -0.538. The molecule has 27 heavy (non-hydrogen) atoms. The first kappa shape index (κ1) is 18.2. The zero-order chi connectivity index (χ0) is 19.4. The summed E-state index contributed by atoms with van der Waals surface area (Å²) in [6, 6.07) is 9.29. The van der Waals surface area contributed by atoms with Gasteiger partial charge >= 0.3 is 5.69 Å². The fraction of sp³-hybridized carbons (Fsp3) is 0.222. The number of methoxy groups -OCH3 is 1. The Morgan fingerprint density at radius 1 is 1.15 bits per heavy atom. The molecule has 140 valence electrons. The molecule has 0 aliphatic carbocycles. The maximum absolute atomic E-state index is 12.3. The average Bonchev–Trinajstić information content (AvgIpc) is 2.70. The van der Waals surface area contributed by atoms with Crippen LogP contribution in [0, 0.1) is 10.1 Å². The molecule has 0 aromatic heterocycles. The monoisotopic (exact) mass is 371 g/mol. The van der Waals surface area contributed by atoms with Crippen molar-refractivity contribution in [2.45, 2.75) is 6.92 Å². The number of nitrogens with zero attached hydrogens (tertiary/aromatic N) is 2. The molecule has 1 N–H and O–H groups in total. The molecule has 0 radical (unpaired) electrons. The number of nitro groups is 1. The van der Waals surface area contributed by atoms with Gasteiger partial charge < -0.3 is 14.2 Å². The molecule has 0 bridgehead atoms. The van der Waals surface area contributed by atoms with Gasteiger partial charge in [-0.2, -0.15) is 5.10 Å². The maximum Gasteiger partial charge on any atom is 0.311 e. The van der Waals surface area contributed by atoms with Crippen LogP contribution in [-0.4, -0.2) is 36.9 Å². The van der Waals surface area contributed by atoms with Gasteiger partial charge in [0.05, 0.1) is 17.7 Å². The van der Waals surface area contributed by atoms with Crippen LogP contribution in [0.1, 0.15) is 22.8 Å². The number of fused-ring (bicyclic) bond motifs is 1. The predicted octanol–water partition coefficient (Wildman–Crippen LogP) is 2.53. The number of amides is 1. The zero-order valence-corrected chi connectivity index (χ0v) is 14.7. The number of hydrazone groups is 1. The minimum Gasteiger partial charge on any atom is -0.490 e. The molecular formula is C18H17N3O6. The molecule has 0 spiro atoms. The van der Waals surface area contributed by atoms with Crippen molar-refractivity contribution in [1.82, 2.24) is 5.43 Å². The molecule has 1 aliphatic rings. The lowest BCUT2D eigenvalue weighted by molar-refractivity contribution is -0.385. The van der Waals surface area contributed by atoms with Crippen molar-refractivity contribution in [1.29, 1.82) is 0 Å². The summed E-state index contributed by atoms with van der Waals surface area (Å²) in [6.07, 6.45) is 0. The van der Waals surface area contributed by atoms with Crippen LogP contribution in [0.4, 0.5) is 5.69 Å². The number of carbonyl (C=O) groups excluding carboxylic acids is 1. The Kier molecular flexibility index (Phi) is 5.20. The molecular weight excluding hydrogens is 354 g/mol. The maximum atomic E-state index is 12.3. The van der Waals surface area contributed by atoms with Crippen molar-refractivity contribution in [2.75, 3.05) is 20.3 Å². The number of ether oxygens (including phenoxy) is 3. The van der Waals surface area contributed by atoms with E-state index < -0.39 is 10.8 Å². The number of rotatable bonds is 5. The van der Waals surface area contributed by atoms with Crippen molar-refractivity contribution in [2.24, 2.45) is 5.10 Å². The van der Waals surface area contributed by atoms with Gasteiger partial charge in [-0.15, -0.1) is 0 Å². The average molecular weight is 371 g/mol. The first-order valence-electron chi connectivity index (χ1n) is 8.06. The second-order valence-electron chi connectivity index (χ2n) is 5.64. The van der Waals surface area contributed by atoms with Gasteiger partial charge in [-0.05, 0) is 37.3 Å². The first-order chi connectivity index (χ1) is 13.0. The largest absolute Gasteiger partial charge is 0.490 e. The van der Waals surface area contributed by atoms with Crippen LogP contribution in [0.15, 0.2) is 41.5 Å². The van der Waals surface area contributed by atoms with Crippen LogP contribution in [-0.2, 0) is 0 Å². The molecule has 1 amide bonds. The number of hydrogen-bond acceptors (Lipinski definition) is 7. The van der Waals surface area contributed by atoms with Crippen LogP contribution in [0.3, 0.4) is 0 Å². The van der Waals surface area contributed by atoms with Crippen molar-refractivity contribution in [3.8, 4) is 17.2 Å². The number of carbonyl (C=O) groups is 1. The third kappa shape index (κ3) is 3.97. The van der Waals surface area contributed by atoms with Gasteiger partial charge in [-0.1, -0.05) is 0 Å². The van der Waals surface area contributed by atoms with Gasteiger partial charge in [-0.25, -0.2) is 5.43 Å². The number of hydrogen-bond donors (Lipinski definition) is 1. The standard InChI is InChI=1S/C18H17N3O6/c1-11(12-3-5-15(25-2)14(9-12)21(23)24)19-20-18(22)13-4-6-16-17(10-13)27-8-7-26-16/h3-6,9-10H,7-8H2,1-2H3,(H,20,22). The van der Waals surface area contributed by atoms with E-state index in [1.165, 1.54) is 19.2 Å². The Balaban J connectivity index is 1.76. The third-order valence-corrected chi connectivity index (χ3v) is 3.92. The van der Waals surface area contributed by atoms with Gasteiger partial charge in [0.15, 0.2) is 17.2 Å². The fourth-order valence-electron chi connectivity index (χ4n) is 2.51. The molecule has 3 rings (SSSR count). The lowest BCUT2D eigenvalue weighted by Crippen LogP contribution is -2.20. The van der Waals surface area contributed by atoms with Crippen molar-refractivity contribution < 1.29 is 23.9 Å². The molecule has 0 fully saturated rings. The van der Waals surface area contributed by atoms with E-state index in [-0.39, 0.29) is 11.4 Å². The topological polar surface area (TPSA) is 112 Å². The second-order valence-corrected chi connectivity index (χ2v) is 5.64. The summed E-state index contributed by atoms with van der Waals surface area (Å²) >= 11 is 0. The van der Waals surface area contributed by atoms with Crippen LogP contribution in [0.5, 0.6) is 17.2 Å². The number of benzene rings is 2. The zero-order valence-electron chi connectivity index (χ0n) is 14.7. The second kappa shape index (κ2) is 7.73. The quantitative estimate of drug-likeness (QED) is 0.491. The smallest absolute Gasteiger partial charge is 0.311 e. The van der Waals surface area contributed by atoms with Gasteiger partial charge in [0.25, 0.3) is 5.91 Å². The number of nitro benzene ring substituents is 1. The van der Waals surface area contributed by atoms with E-state index in [1.807, 2.05) is 0 Å². The Labute approximate surface area is 154 Å². The van der Waals surface area contributed by atoms with E-state index in [9.17, 15) is 14.9 Å². The van der Waals surface area contributed by atoms with Crippen LogP contribution in [0.25, 0.3) is 0 Å². The van der Waals surface area contributed by atoms with E-state index in [1.54, 1.807) is 31.2 Å². The van der Waals surface area contributed by atoms with Crippen molar-refractivity contribution in [3.05, 3.63) is 57.6 Å². The Bertz CT molecular complexity index is 925. The summed E-state index contributed by atoms with van der Waals surface area (Å²) in [5.41, 5.74) is 3.51. The highest BCUT2D eigenvalue weighted by Gasteiger charge is 2.17. The van der Waals surface area contributed by atoms with Crippen molar-refractivity contribution >= 4 is 17.3 Å². The molecule has 0 unspecified atom stereocenters. The van der Waals surface area contributed by atoms with E-state index in [0.717, 1.165) is 0 Å². The molecule has 2 aromatic rings. The summed E-state index contributed by atoms with van der Waals surface area (Å²) < 4.78 is 15.8. The van der Waals surface area contributed by atoms with Gasteiger partial charge in [0.2, 0.25) is 0 Å². The van der Waals surface area contributed by atoms with Gasteiger partial charge in [0, 0.05) is 17.2 Å². The van der Waals surface area contributed by atoms with Crippen LogP contribution < -0.4 is 19.6 Å². The summed E-state index contributed by atoms with van der Waals surface area (Å²) in [5, 5.41) is 15.1. The van der Waals surface area contributed by atoms with Crippen LogP contribution >= 0.6 is 0 Å². The molecule has 1 aliphatic heterocycles. The Morgan fingerprint density at radius 2 is 1.85 bits per heavy atom. The normalized spacial score (nSPS) is 13.0. The lowest BCUT2D eigenvalue weighted by atomic mass is 10.1. The van der Waals surface area contributed by atoms with E-state index in [4.69, 9.17) is 14.2 Å². The summed E-state index contributed by atoms with van der Waals surface area (Å²) in [6.45, 7) is 2.53. The molecule has 9 nitrogen and oxygen atoms in total. The van der Waals surface area contributed by atoms with E-state index >= 15 is 0 Å². The Morgan fingerprint density at radius 3 is 2.56 bits per heavy atom. The SMILES string of the molecule is COc1ccc(C(C)=NNC(=O)c2ccc3c(c2)OCCO3)cc1[N+](=O)[O-]. The third-order valence-electron chi connectivity index (χ3n) is 3.92. The summed E-state index contributed by atoms with van der Waals surface area (Å²) in [5.74, 6) is 0.801. The summed E-state index contributed by atoms with van der Waals surface area (Å²) in [7, 11) is 1.36. The predicted molar refractivity (Wildman–Crippen MR) is 96.8 cm³/mol. The molecule has 0 saturated heterocycles. The van der Waals surface area contributed by atoms with Crippen molar-refractivity contribution in [3.63, 3.8) is 0 Å². The first-order valence-corrected chi connectivity index (χ1v) is 8.06. The molecule has 2 aromatic carbocycles. The van der Waals surface area contributed by atoms with E-state index in [2.05, 4.69) is 10.5 Å². The number of nitrogens with one attached hydrogen (secondary N) is 1. The highest BCUT2D eigenvalue weighted by atomic mass is 16.6.